The third-order valence-corrected chi connectivity index (χ3v) is 9.79. The van der Waals surface area contributed by atoms with Crippen molar-refractivity contribution < 1.29 is 52.5 Å². The van der Waals surface area contributed by atoms with Gasteiger partial charge in [-0.25, -0.2) is 14.4 Å². The van der Waals surface area contributed by atoms with Gasteiger partial charge in [-0.2, -0.15) is 0 Å². The molecule has 14 heteroatoms. The molecular weight excluding hydrogens is 771 g/mol. The number of benzene rings is 4. The predicted octanol–water partition coefficient (Wildman–Crippen LogP) is 7.78. The number of nitrogens with one attached hydrogen (secondary N) is 2. The van der Waals surface area contributed by atoms with E-state index in [9.17, 15) is 28.8 Å². The second-order valence-electron chi connectivity index (χ2n) is 15.2. The summed E-state index contributed by atoms with van der Waals surface area (Å²) in [7, 11) is 2.40. The molecule has 2 atom stereocenters. The fourth-order valence-corrected chi connectivity index (χ4v) is 6.82. The number of amides is 3. The summed E-state index contributed by atoms with van der Waals surface area (Å²) >= 11 is 0. The molecule has 0 aliphatic heterocycles. The molecule has 0 spiro atoms. The molecule has 14 nitrogen and oxygen atoms in total. The van der Waals surface area contributed by atoms with Crippen molar-refractivity contribution in [2.24, 2.45) is 5.92 Å². The van der Waals surface area contributed by atoms with Gasteiger partial charge in [0.2, 0.25) is 5.91 Å². The van der Waals surface area contributed by atoms with E-state index in [-0.39, 0.29) is 61.9 Å². The van der Waals surface area contributed by atoms with Crippen molar-refractivity contribution in [3.05, 3.63) is 119 Å². The second-order valence-corrected chi connectivity index (χ2v) is 15.2. The summed E-state index contributed by atoms with van der Waals surface area (Å²) in [5.74, 6) is -3.68. The third-order valence-electron chi connectivity index (χ3n) is 9.79. The summed E-state index contributed by atoms with van der Waals surface area (Å²) in [6, 6.07) is 28.2. The smallest absolute Gasteiger partial charge is 0.414 e. The number of carbonyl (C=O) groups is 6. The predicted molar refractivity (Wildman–Crippen MR) is 223 cm³/mol. The monoisotopic (exact) mass is 821 g/mol. The summed E-state index contributed by atoms with van der Waals surface area (Å²) in [4.78, 5) is 79.6. The number of ether oxygens (including phenoxy) is 5. The van der Waals surface area contributed by atoms with Crippen LogP contribution in [0.3, 0.4) is 0 Å². The molecule has 5 rings (SSSR count). The first-order chi connectivity index (χ1) is 28.7. The number of methoxy groups -OCH3 is 2. The quantitative estimate of drug-likeness (QED) is 0.0834. The molecule has 4 aromatic rings. The van der Waals surface area contributed by atoms with Crippen LogP contribution in [0, 0.1) is 5.92 Å². The maximum absolute atomic E-state index is 13.6. The van der Waals surface area contributed by atoms with Crippen molar-refractivity contribution in [2.45, 2.75) is 71.1 Å². The first-order valence-corrected chi connectivity index (χ1v) is 19.6. The maximum Gasteiger partial charge on any atom is 0.414 e. The van der Waals surface area contributed by atoms with Gasteiger partial charge in [-0.3, -0.25) is 19.3 Å². The molecule has 1 aliphatic rings. The lowest BCUT2D eigenvalue weighted by Gasteiger charge is -2.28. The van der Waals surface area contributed by atoms with Crippen LogP contribution in [0.1, 0.15) is 79.9 Å². The minimum absolute atomic E-state index is 0.00881. The second kappa shape index (κ2) is 20.3. The number of rotatable bonds is 16. The van der Waals surface area contributed by atoms with Crippen molar-refractivity contribution in [2.75, 3.05) is 37.6 Å². The average Bonchev–Trinajstić information content (AvgIpc) is 3.55. The molecule has 0 heterocycles. The van der Waals surface area contributed by atoms with Crippen molar-refractivity contribution in [1.29, 1.82) is 0 Å². The number of hydrogen-bond donors (Lipinski definition) is 2. The van der Waals surface area contributed by atoms with E-state index in [0.717, 1.165) is 27.8 Å². The SMILES string of the molecule is COC(=O)c1cc(N(CCC[C@H](CC(=O)OCc2ccccc2)C(=O)OC)C(=O)OC(C)(C)C)ccc1NC(=O)[C@H](C)NC(=O)OCC1c2ccccc2-c2ccccc21. The molecule has 0 bridgehead atoms. The van der Waals surface area contributed by atoms with Crippen LogP contribution in [0.5, 0.6) is 0 Å². The highest BCUT2D eigenvalue weighted by molar-refractivity contribution is 6.04. The van der Waals surface area contributed by atoms with E-state index in [1.807, 2.05) is 78.9 Å². The van der Waals surface area contributed by atoms with Crippen molar-refractivity contribution in [1.82, 2.24) is 5.32 Å². The molecular formula is C46H51N3O11. The summed E-state index contributed by atoms with van der Waals surface area (Å²) in [5, 5.41) is 5.21. The zero-order chi connectivity index (χ0) is 43.4. The number of nitrogens with zero attached hydrogens (tertiary/aromatic N) is 1. The number of alkyl carbamates (subject to hydrolysis) is 1. The fraction of sp³-hybridized carbons (Fsp3) is 0.348. The van der Waals surface area contributed by atoms with Crippen LogP contribution in [-0.2, 0) is 44.7 Å². The van der Waals surface area contributed by atoms with Crippen LogP contribution in [0.15, 0.2) is 97.1 Å². The highest BCUT2D eigenvalue weighted by Gasteiger charge is 2.31. The van der Waals surface area contributed by atoms with Gasteiger partial charge in [-0.05, 0) is 86.6 Å². The number of anilines is 2. The number of hydrogen-bond acceptors (Lipinski definition) is 11. The number of carbonyl (C=O) groups excluding carboxylic acids is 6. The minimum Gasteiger partial charge on any atom is -0.469 e. The van der Waals surface area contributed by atoms with Gasteiger partial charge in [0.25, 0.3) is 0 Å². The van der Waals surface area contributed by atoms with Gasteiger partial charge in [-0.1, -0.05) is 78.9 Å². The molecule has 4 aromatic carbocycles. The Morgan fingerprint density at radius 1 is 0.783 bits per heavy atom. The molecule has 2 N–H and O–H groups in total. The van der Waals surface area contributed by atoms with Crippen molar-refractivity contribution in [3.63, 3.8) is 0 Å². The molecule has 1 aliphatic carbocycles. The van der Waals surface area contributed by atoms with Crippen molar-refractivity contribution >= 4 is 47.4 Å². The van der Waals surface area contributed by atoms with Crippen LogP contribution >= 0.6 is 0 Å². The average molecular weight is 822 g/mol. The Hall–Kier alpha value is -6.70. The summed E-state index contributed by atoms with van der Waals surface area (Å²) in [6.45, 7) is 6.69. The maximum atomic E-state index is 13.6. The first-order valence-electron chi connectivity index (χ1n) is 19.6. The summed E-state index contributed by atoms with van der Waals surface area (Å²) in [6.07, 6.45) is -1.40. The zero-order valence-electron chi connectivity index (χ0n) is 34.7. The Morgan fingerprint density at radius 3 is 2.03 bits per heavy atom. The van der Waals surface area contributed by atoms with E-state index in [1.54, 1.807) is 20.8 Å². The molecule has 316 valence electrons. The molecule has 3 amide bonds. The lowest BCUT2D eigenvalue weighted by atomic mass is 9.98. The van der Waals surface area contributed by atoms with Crippen molar-refractivity contribution in [3.8, 4) is 11.1 Å². The molecule has 0 saturated heterocycles. The van der Waals surface area contributed by atoms with Gasteiger partial charge >= 0.3 is 30.1 Å². The first kappa shape index (κ1) is 44.4. The lowest BCUT2D eigenvalue weighted by molar-refractivity contribution is -0.154. The third kappa shape index (κ3) is 11.7. The molecule has 60 heavy (non-hydrogen) atoms. The van der Waals surface area contributed by atoms with E-state index in [4.69, 9.17) is 23.7 Å². The Morgan fingerprint density at radius 2 is 1.42 bits per heavy atom. The molecule has 0 fully saturated rings. The standard InChI is InChI=1S/C46H51N3O11/c1-29(47-44(54)59-28-38-35-20-12-10-18-33(35)34-19-11-13-21-36(34)38)41(51)48-39-23-22-32(26-37(39)43(53)57-6)49(45(55)60-46(2,3)4)24-14-17-31(42(52)56-5)25-40(50)58-27-30-15-8-7-9-16-30/h7-13,15-16,18-23,26,29,31,38H,14,17,24-25,27-28H2,1-6H3,(H,47,54)(H,48,51)/t29-,31+/m0/s1. The Labute approximate surface area is 349 Å². The van der Waals surface area contributed by atoms with E-state index in [2.05, 4.69) is 10.6 Å². The van der Waals surface area contributed by atoms with Gasteiger partial charge < -0.3 is 34.3 Å². The molecule has 0 aromatic heterocycles. The summed E-state index contributed by atoms with van der Waals surface area (Å²) in [5.41, 5.74) is 4.36. The van der Waals surface area contributed by atoms with Crippen LogP contribution in [0.25, 0.3) is 11.1 Å². The van der Waals surface area contributed by atoms with E-state index >= 15 is 0 Å². The fourth-order valence-electron chi connectivity index (χ4n) is 6.82. The normalized spacial score (nSPS) is 12.8. The lowest BCUT2D eigenvalue weighted by Crippen LogP contribution is -2.42. The van der Waals surface area contributed by atoms with Crippen LogP contribution in [0.2, 0.25) is 0 Å². The van der Waals surface area contributed by atoms with Crippen LogP contribution < -0.4 is 15.5 Å². The van der Waals surface area contributed by atoms with Gasteiger partial charge in [0, 0.05) is 18.2 Å². The Bertz CT molecular complexity index is 2140. The van der Waals surface area contributed by atoms with Gasteiger partial charge in [-0.15, -0.1) is 0 Å². The Kier molecular flexibility index (Phi) is 15.0. The highest BCUT2D eigenvalue weighted by Crippen LogP contribution is 2.44. The van der Waals surface area contributed by atoms with E-state index in [1.165, 1.54) is 44.2 Å². The van der Waals surface area contributed by atoms with E-state index in [0.29, 0.717) is 0 Å². The number of fused-ring (bicyclic) bond motifs is 3. The molecule has 0 unspecified atom stereocenters. The van der Waals surface area contributed by atoms with Crippen LogP contribution in [0.4, 0.5) is 21.0 Å². The van der Waals surface area contributed by atoms with Gasteiger partial charge in [0.15, 0.2) is 0 Å². The Balaban J connectivity index is 1.24. The van der Waals surface area contributed by atoms with Gasteiger partial charge in [0.05, 0.1) is 37.8 Å². The van der Waals surface area contributed by atoms with Gasteiger partial charge in [0.1, 0.15) is 24.9 Å². The van der Waals surface area contributed by atoms with Crippen LogP contribution in [-0.4, -0.2) is 75.0 Å². The minimum atomic E-state index is -1.08. The van der Waals surface area contributed by atoms with E-state index < -0.39 is 53.6 Å². The largest absolute Gasteiger partial charge is 0.469 e. The molecule has 0 saturated carbocycles. The highest BCUT2D eigenvalue weighted by atomic mass is 16.6. The summed E-state index contributed by atoms with van der Waals surface area (Å²) < 4.78 is 26.6. The topological polar surface area (TPSA) is 176 Å². The zero-order valence-corrected chi connectivity index (χ0v) is 34.7. The number of esters is 3. The molecule has 0 radical (unpaired) electrons.